The van der Waals surface area contributed by atoms with Crippen LogP contribution < -0.4 is 4.74 Å². The molecule has 1 amide bonds. The fourth-order valence-corrected chi connectivity index (χ4v) is 2.19. The molecular weight excluding hydrogens is 274 g/mol. The molecule has 0 saturated carbocycles. The molecule has 114 valence electrons. The van der Waals surface area contributed by atoms with Crippen molar-refractivity contribution >= 4 is 11.9 Å². The van der Waals surface area contributed by atoms with Gasteiger partial charge in [-0.15, -0.1) is 0 Å². The molecule has 1 aliphatic heterocycles. The van der Waals surface area contributed by atoms with Crippen LogP contribution in [0.1, 0.15) is 12.5 Å². The van der Waals surface area contributed by atoms with E-state index in [2.05, 4.69) is 0 Å². The quantitative estimate of drug-likeness (QED) is 0.874. The van der Waals surface area contributed by atoms with Crippen LogP contribution in [0.3, 0.4) is 0 Å². The number of carboxylic acids is 1. The largest absolute Gasteiger partial charge is 0.483 e. The molecule has 1 N–H and O–H groups in total. The van der Waals surface area contributed by atoms with Gasteiger partial charge in [0, 0.05) is 6.54 Å². The van der Waals surface area contributed by atoms with Gasteiger partial charge in [0.25, 0.3) is 5.91 Å². The number of hydrogen-bond donors (Lipinski definition) is 1. The number of hydrogen-bond acceptors (Lipinski definition) is 4. The van der Waals surface area contributed by atoms with Crippen molar-refractivity contribution < 1.29 is 24.2 Å². The number of aryl methyl sites for hydroxylation is 1. The van der Waals surface area contributed by atoms with E-state index < -0.39 is 12.1 Å². The Morgan fingerprint density at radius 3 is 2.90 bits per heavy atom. The number of benzene rings is 1. The molecule has 1 aromatic rings. The van der Waals surface area contributed by atoms with Crippen LogP contribution in [0, 0.1) is 0 Å². The van der Waals surface area contributed by atoms with Crippen LogP contribution in [0.4, 0.5) is 0 Å². The van der Waals surface area contributed by atoms with E-state index in [1.165, 1.54) is 4.90 Å². The molecule has 1 aromatic carbocycles. The summed E-state index contributed by atoms with van der Waals surface area (Å²) in [5.74, 6) is -0.586. The number of morpholine rings is 1. The fourth-order valence-electron chi connectivity index (χ4n) is 2.19. The minimum absolute atomic E-state index is 0.0625. The van der Waals surface area contributed by atoms with Crippen LogP contribution in [0.25, 0.3) is 0 Å². The van der Waals surface area contributed by atoms with Gasteiger partial charge in [0.05, 0.1) is 13.2 Å². The zero-order valence-corrected chi connectivity index (χ0v) is 11.9. The van der Waals surface area contributed by atoms with Crippen molar-refractivity contribution in [3.8, 4) is 5.75 Å². The third-order valence-electron chi connectivity index (χ3n) is 3.40. The molecule has 1 heterocycles. The van der Waals surface area contributed by atoms with Crippen LogP contribution in [-0.4, -0.2) is 54.3 Å². The third-order valence-corrected chi connectivity index (χ3v) is 3.40. The van der Waals surface area contributed by atoms with Crippen molar-refractivity contribution in [2.45, 2.75) is 19.4 Å². The second-order valence-corrected chi connectivity index (χ2v) is 4.79. The SMILES string of the molecule is CCc1ccccc1OCC(=O)N1CCO[C@@H](C(=O)O)C1. The summed E-state index contributed by atoms with van der Waals surface area (Å²) in [6.45, 7) is 2.61. The lowest BCUT2D eigenvalue weighted by Gasteiger charge is -2.30. The summed E-state index contributed by atoms with van der Waals surface area (Å²) in [4.78, 5) is 24.5. The molecular formula is C15H19NO5. The number of ether oxygens (including phenoxy) is 2. The Balaban J connectivity index is 1.91. The Labute approximate surface area is 123 Å². The first-order valence-corrected chi connectivity index (χ1v) is 6.94. The van der Waals surface area contributed by atoms with Crippen molar-refractivity contribution in [3.63, 3.8) is 0 Å². The summed E-state index contributed by atoms with van der Waals surface area (Å²) >= 11 is 0. The van der Waals surface area contributed by atoms with Crippen molar-refractivity contribution in [2.24, 2.45) is 0 Å². The van der Waals surface area contributed by atoms with Crippen molar-refractivity contribution in [3.05, 3.63) is 29.8 Å². The molecule has 0 spiro atoms. The topological polar surface area (TPSA) is 76.1 Å². The van der Waals surface area contributed by atoms with E-state index in [0.717, 1.165) is 12.0 Å². The summed E-state index contributed by atoms with van der Waals surface area (Å²) in [5, 5.41) is 8.92. The van der Waals surface area contributed by atoms with Gasteiger partial charge < -0.3 is 19.5 Å². The summed E-state index contributed by atoms with van der Waals surface area (Å²) in [5.41, 5.74) is 1.04. The maximum atomic E-state index is 12.1. The van der Waals surface area contributed by atoms with Gasteiger partial charge in [0.1, 0.15) is 5.75 Å². The Bertz CT molecular complexity index is 517. The molecule has 1 atom stereocenters. The third kappa shape index (κ3) is 3.95. The van der Waals surface area contributed by atoms with E-state index in [1.807, 2.05) is 31.2 Å². The molecule has 0 bridgehead atoms. The predicted molar refractivity (Wildman–Crippen MR) is 75.3 cm³/mol. The number of amides is 1. The van der Waals surface area contributed by atoms with Crippen molar-refractivity contribution in [1.29, 1.82) is 0 Å². The van der Waals surface area contributed by atoms with E-state index in [4.69, 9.17) is 14.6 Å². The second kappa shape index (κ2) is 7.08. The maximum absolute atomic E-state index is 12.1. The van der Waals surface area contributed by atoms with Gasteiger partial charge in [-0.2, -0.15) is 0 Å². The molecule has 0 unspecified atom stereocenters. The first-order chi connectivity index (χ1) is 10.1. The molecule has 2 rings (SSSR count). The zero-order valence-electron chi connectivity index (χ0n) is 11.9. The first-order valence-electron chi connectivity index (χ1n) is 6.94. The monoisotopic (exact) mass is 293 g/mol. The highest BCUT2D eigenvalue weighted by Gasteiger charge is 2.29. The molecule has 6 nitrogen and oxygen atoms in total. The van der Waals surface area contributed by atoms with Gasteiger partial charge >= 0.3 is 5.97 Å². The minimum atomic E-state index is -1.05. The highest BCUT2D eigenvalue weighted by atomic mass is 16.5. The first kappa shape index (κ1) is 15.3. The van der Waals surface area contributed by atoms with E-state index in [-0.39, 0.29) is 25.7 Å². The highest BCUT2D eigenvalue weighted by molar-refractivity contribution is 5.79. The van der Waals surface area contributed by atoms with E-state index in [9.17, 15) is 9.59 Å². The number of rotatable bonds is 5. The normalized spacial score (nSPS) is 18.3. The lowest BCUT2D eigenvalue weighted by Crippen LogP contribution is -2.49. The Kier molecular flexibility index (Phi) is 5.16. The van der Waals surface area contributed by atoms with E-state index in [0.29, 0.717) is 12.3 Å². The van der Waals surface area contributed by atoms with Crippen LogP contribution in [0.2, 0.25) is 0 Å². The number of carbonyl (C=O) groups is 2. The molecule has 0 aliphatic carbocycles. The molecule has 1 aliphatic rings. The second-order valence-electron chi connectivity index (χ2n) is 4.79. The zero-order chi connectivity index (χ0) is 15.2. The highest BCUT2D eigenvalue weighted by Crippen LogP contribution is 2.18. The standard InChI is InChI=1S/C15H19NO5/c1-2-11-5-3-4-6-12(11)21-10-14(17)16-7-8-20-13(9-16)15(18)19/h3-6,13H,2,7-10H2,1H3,(H,18,19)/t13-/m1/s1. The van der Waals surface area contributed by atoms with Crippen LogP contribution in [-0.2, 0) is 20.7 Å². The lowest BCUT2D eigenvalue weighted by molar-refractivity contribution is -0.159. The van der Waals surface area contributed by atoms with Gasteiger partial charge in [-0.3, -0.25) is 4.79 Å². The Morgan fingerprint density at radius 2 is 2.19 bits per heavy atom. The fraction of sp³-hybridized carbons (Fsp3) is 0.467. The Morgan fingerprint density at radius 1 is 1.43 bits per heavy atom. The van der Waals surface area contributed by atoms with Gasteiger partial charge in [-0.25, -0.2) is 4.79 Å². The van der Waals surface area contributed by atoms with E-state index >= 15 is 0 Å². The molecule has 0 radical (unpaired) electrons. The predicted octanol–water partition coefficient (Wildman–Crippen LogP) is 0.940. The summed E-state index contributed by atoms with van der Waals surface area (Å²) in [7, 11) is 0. The summed E-state index contributed by atoms with van der Waals surface area (Å²) < 4.78 is 10.6. The number of carboxylic acid groups (broad SMARTS) is 1. The van der Waals surface area contributed by atoms with Crippen LogP contribution in [0.15, 0.2) is 24.3 Å². The van der Waals surface area contributed by atoms with Crippen molar-refractivity contribution in [1.82, 2.24) is 4.90 Å². The van der Waals surface area contributed by atoms with Gasteiger partial charge in [0.15, 0.2) is 12.7 Å². The molecule has 21 heavy (non-hydrogen) atoms. The summed E-state index contributed by atoms with van der Waals surface area (Å²) in [6, 6.07) is 7.56. The van der Waals surface area contributed by atoms with Crippen LogP contribution >= 0.6 is 0 Å². The molecule has 6 heteroatoms. The lowest BCUT2D eigenvalue weighted by atomic mass is 10.1. The Hall–Kier alpha value is -2.08. The number of carbonyl (C=O) groups excluding carboxylic acids is 1. The van der Waals surface area contributed by atoms with E-state index in [1.54, 1.807) is 0 Å². The number of nitrogens with zero attached hydrogens (tertiary/aromatic N) is 1. The minimum Gasteiger partial charge on any atom is -0.483 e. The smallest absolute Gasteiger partial charge is 0.334 e. The molecule has 0 aromatic heterocycles. The van der Waals surface area contributed by atoms with Gasteiger partial charge in [0.2, 0.25) is 0 Å². The number of aliphatic carboxylic acids is 1. The van der Waals surface area contributed by atoms with Gasteiger partial charge in [-0.1, -0.05) is 25.1 Å². The molecule has 1 fully saturated rings. The maximum Gasteiger partial charge on any atom is 0.334 e. The van der Waals surface area contributed by atoms with Crippen molar-refractivity contribution in [2.75, 3.05) is 26.3 Å². The molecule has 1 saturated heterocycles. The summed E-state index contributed by atoms with van der Waals surface area (Å²) in [6.07, 6.45) is -0.131. The van der Waals surface area contributed by atoms with Crippen LogP contribution in [0.5, 0.6) is 5.75 Å². The average molecular weight is 293 g/mol. The average Bonchev–Trinajstić information content (AvgIpc) is 2.52. The number of para-hydroxylation sites is 1. The van der Waals surface area contributed by atoms with Gasteiger partial charge in [-0.05, 0) is 18.1 Å².